The first-order valence-electron chi connectivity index (χ1n) is 13.9. The quantitative estimate of drug-likeness (QED) is 0.288. The number of quaternary nitrogens is 1. The van der Waals surface area contributed by atoms with Gasteiger partial charge in [0.15, 0.2) is 0 Å². The zero-order valence-electron chi connectivity index (χ0n) is 25.8. The van der Waals surface area contributed by atoms with Crippen LogP contribution in [-0.2, 0) is 18.0 Å². The molecule has 4 rings (SSSR count). The number of likely N-dealkylation sites (N-methyl/N-ethyl adjacent to an activating group) is 2. The van der Waals surface area contributed by atoms with Crippen LogP contribution in [0.1, 0.15) is 28.4 Å². The molecule has 2 amide bonds. The van der Waals surface area contributed by atoms with Gasteiger partial charge in [-0.25, -0.2) is 9.36 Å². The Morgan fingerprint density at radius 3 is 2.36 bits per heavy atom. The van der Waals surface area contributed by atoms with Gasteiger partial charge in [-0.15, -0.1) is 0 Å². The molecule has 0 saturated carbocycles. The smallest absolute Gasteiger partial charge is 0.340 e. The van der Waals surface area contributed by atoms with Crippen molar-refractivity contribution in [2.75, 3.05) is 41.3 Å². The van der Waals surface area contributed by atoms with E-state index in [4.69, 9.17) is 0 Å². The maximum absolute atomic E-state index is 14.0. The van der Waals surface area contributed by atoms with E-state index in [2.05, 4.69) is 10.4 Å². The Morgan fingerprint density at radius 2 is 1.76 bits per heavy atom. The zero-order valence-corrected chi connectivity index (χ0v) is 25.8. The van der Waals surface area contributed by atoms with Gasteiger partial charge in [-0.05, 0) is 55.5 Å². The second-order valence-corrected chi connectivity index (χ2v) is 11.7. The molecule has 2 aromatic carbocycles. The minimum atomic E-state index is -4.67. The van der Waals surface area contributed by atoms with Crippen molar-refractivity contribution in [2.24, 2.45) is 7.05 Å². The summed E-state index contributed by atoms with van der Waals surface area (Å²) >= 11 is 0. The minimum absolute atomic E-state index is 0.0507. The van der Waals surface area contributed by atoms with Gasteiger partial charge in [-0.3, -0.25) is 19.1 Å². The van der Waals surface area contributed by atoms with Crippen LogP contribution in [0.4, 0.5) is 13.2 Å². The average Bonchev–Trinajstić information content (AvgIpc) is 3.56. The van der Waals surface area contributed by atoms with Gasteiger partial charge in [0.25, 0.3) is 11.5 Å². The van der Waals surface area contributed by atoms with Gasteiger partial charge >= 0.3 is 6.18 Å². The molecular formula is C31H34F3N8O3+. The number of nitrogens with zero attached hydrogens (tertiary/aromatic N) is 7. The molecule has 0 aliphatic carbocycles. The van der Waals surface area contributed by atoms with E-state index in [1.165, 1.54) is 46.6 Å². The highest BCUT2D eigenvalue weighted by Crippen LogP contribution is 2.31. The molecule has 4 aromatic rings. The SMILES string of the molecule is C[C@H](NC(=O)c1c(-c2ccnn2-c2ccc(C#N)cc2)n(C)n(-c2cccc(C(F)(F)F)c2)c1=O)C(=O)N(C)CC[N+](C)(C)C. The molecule has 0 fully saturated rings. The molecule has 236 valence electrons. The van der Waals surface area contributed by atoms with E-state index >= 15 is 0 Å². The summed E-state index contributed by atoms with van der Waals surface area (Å²) in [4.78, 5) is 42.4. The minimum Gasteiger partial charge on any atom is -0.340 e. The summed E-state index contributed by atoms with van der Waals surface area (Å²) in [6.07, 6.45) is -3.23. The van der Waals surface area contributed by atoms with Gasteiger partial charge in [0, 0.05) is 14.1 Å². The van der Waals surface area contributed by atoms with Gasteiger partial charge in [-0.2, -0.15) is 23.5 Å². The Bertz CT molecular complexity index is 1820. The van der Waals surface area contributed by atoms with Crippen molar-refractivity contribution in [2.45, 2.75) is 19.1 Å². The number of carbonyl (C=O) groups excluding carboxylic acids is 2. The molecule has 0 spiro atoms. The lowest BCUT2D eigenvalue weighted by Gasteiger charge is -2.28. The number of benzene rings is 2. The van der Waals surface area contributed by atoms with E-state index in [0.29, 0.717) is 28.8 Å². The van der Waals surface area contributed by atoms with Crippen LogP contribution in [0.15, 0.2) is 65.6 Å². The number of aromatic nitrogens is 4. The van der Waals surface area contributed by atoms with E-state index in [1.807, 2.05) is 27.2 Å². The summed E-state index contributed by atoms with van der Waals surface area (Å²) in [5.74, 6) is -1.26. The van der Waals surface area contributed by atoms with Crippen molar-refractivity contribution in [1.82, 2.24) is 29.4 Å². The van der Waals surface area contributed by atoms with Crippen LogP contribution in [0.3, 0.4) is 0 Å². The molecule has 0 aliphatic rings. The van der Waals surface area contributed by atoms with Crippen molar-refractivity contribution >= 4 is 11.8 Å². The Labute approximate surface area is 257 Å². The van der Waals surface area contributed by atoms with Crippen LogP contribution in [0.5, 0.6) is 0 Å². The van der Waals surface area contributed by atoms with Crippen LogP contribution in [0.25, 0.3) is 22.8 Å². The number of nitriles is 1. The average molecular weight is 624 g/mol. The molecule has 0 saturated heterocycles. The first kappa shape index (κ1) is 32.7. The van der Waals surface area contributed by atoms with Gasteiger partial charge < -0.3 is 14.7 Å². The van der Waals surface area contributed by atoms with Crippen molar-refractivity contribution in [1.29, 1.82) is 5.26 Å². The van der Waals surface area contributed by atoms with Crippen LogP contribution in [0.2, 0.25) is 0 Å². The monoisotopic (exact) mass is 623 g/mol. The number of amides is 2. The molecule has 45 heavy (non-hydrogen) atoms. The van der Waals surface area contributed by atoms with E-state index in [1.54, 1.807) is 37.4 Å². The predicted octanol–water partition coefficient (Wildman–Crippen LogP) is 3.20. The lowest BCUT2D eigenvalue weighted by Crippen LogP contribution is -2.49. The van der Waals surface area contributed by atoms with Gasteiger partial charge in [0.1, 0.15) is 17.3 Å². The Kier molecular flexibility index (Phi) is 9.06. The van der Waals surface area contributed by atoms with Crippen molar-refractivity contribution in [3.63, 3.8) is 0 Å². The molecule has 0 bridgehead atoms. The van der Waals surface area contributed by atoms with Crippen molar-refractivity contribution in [3.05, 3.63) is 87.8 Å². The third-order valence-electron chi connectivity index (χ3n) is 7.24. The highest BCUT2D eigenvalue weighted by atomic mass is 19.4. The molecule has 0 aliphatic heterocycles. The van der Waals surface area contributed by atoms with Crippen LogP contribution in [0, 0.1) is 11.3 Å². The van der Waals surface area contributed by atoms with E-state index < -0.39 is 29.2 Å². The maximum atomic E-state index is 14.0. The zero-order chi connectivity index (χ0) is 33.3. The topological polar surface area (TPSA) is 118 Å². The van der Waals surface area contributed by atoms with Gasteiger partial charge in [0.2, 0.25) is 5.91 Å². The summed E-state index contributed by atoms with van der Waals surface area (Å²) in [6, 6.07) is 13.2. The Balaban J connectivity index is 1.84. The van der Waals surface area contributed by atoms with E-state index in [0.717, 1.165) is 16.8 Å². The number of alkyl halides is 3. The van der Waals surface area contributed by atoms with Crippen LogP contribution in [-0.4, -0.2) is 87.7 Å². The fourth-order valence-electron chi connectivity index (χ4n) is 4.80. The predicted molar refractivity (Wildman–Crippen MR) is 161 cm³/mol. The number of nitrogens with one attached hydrogen (secondary N) is 1. The van der Waals surface area contributed by atoms with E-state index in [-0.39, 0.29) is 28.5 Å². The number of halogens is 3. The first-order chi connectivity index (χ1) is 21.0. The normalized spacial score (nSPS) is 12.4. The molecule has 2 aromatic heterocycles. The standard InChI is InChI=1S/C31H33F3N8O3/c1-20(29(44)38(2)16-17-42(4,5)6)37-28(43)26-27(25-14-15-36-40(25)23-12-10-21(19-35)11-13-23)39(3)41(30(26)45)24-9-7-8-22(18-24)31(32,33)34/h7-15,18,20H,16-17H2,1-6H3/p+1/t20-/m0/s1. The molecule has 2 heterocycles. The lowest BCUT2D eigenvalue weighted by atomic mass is 10.1. The lowest BCUT2D eigenvalue weighted by molar-refractivity contribution is -0.869. The summed E-state index contributed by atoms with van der Waals surface area (Å²) in [5, 5.41) is 16.1. The van der Waals surface area contributed by atoms with Gasteiger partial charge in [0.05, 0.1) is 74.7 Å². The second kappa shape index (κ2) is 12.4. The third-order valence-corrected chi connectivity index (χ3v) is 7.24. The van der Waals surface area contributed by atoms with Crippen LogP contribution < -0.4 is 10.9 Å². The largest absolute Gasteiger partial charge is 0.416 e. The highest BCUT2D eigenvalue weighted by molar-refractivity contribution is 6.02. The molecule has 0 radical (unpaired) electrons. The van der Waals surface area contributed by atoms with Crippen molar-refractivity contribution in [3.8, 4) is 28.8 Å². The first-order valence-corrected chi connectivity index (χ1v) is 13.9. The van der Waals surface area contributed by atoms with Gasteiger partial charge in [-0.1, -0.05) is 6.07 Å². The highest BCUT2D eigenvalue weighted by Gasteiger charge is 2.33. The van der Waals surface area contributed by atoms with E-state index in [9.17, 15) is 32.8 Å². The molecule has 1 atom stereocenters. The van der Waals surface area contributed by atoms with Crippen LogP contribution >= 0.6 is 0 Å². The third kappa shape index (κ3) is 6.99. The summed E-state index contributed by atoms with van der Waals surface area (Å²) in [5.41, 5.74) is -1.15. The molecular weight excluding hydrogens is 589 g/mol. The number of carbonyl (C=O) groups is 2. The fourth-order valence-corrected chi connectivity index (χ4v) is 4.80. The summed E-state index contributed by atoms with van der Waals surface area (Å²) in [7, 11) is 9.01. The maximum Gasteiger partial charge on any atom is 0.416 e. The molecule has 0 unspecified atom stereocenters. The Hall–Kier alpha value is -5.16. The molecule has 1 N–H and O–H groups in total. The summed E-state index contributed by atoms with van der Waals surface area (Å²) in [6.45, 7) is 2.58. The summed E-state index contributed by atoms with van der Waals surface area (Å²) < 4.78 is 45.1. The van der Waals surface area contributed by atoms with Crippen molar-refractivity contribution < 1.29 is 27.2 Å². The number of rotatable bonds is 9. The molecule has 14 heteroatoms. The fraction of sp³-hybridized carbons (Fsp3) is 0.323. The number of hydrogen-bond acceptors (Lipinski definition) is 5. The number of hydrogen-bond donors (Lipinski definition) is 1. The molecule has 11 nitrogen and oxygen atoms in total. The second-order valence-electron chi connectivity index (χ2n) is 11.7. The Morgan fingerprint density at radius 1 is 1.09 bits per heavy atom.